The van der Waals surface area contributed by atoms with Crippen LogP contribution in [0.4, 0.5) is 17.5 Å². The van der Waals surface area contributed by atoms with Crippen molar-refractivity contribution in [3.8, 4) is 5.75 Å². The lowest BCUT2D eigenvalue weighted by atomic mass is 10.1. The molecule has 140 valence electrons. The van der Waals surface area contributed by atoms with Gasteiger partial charge in [0, 0.05) is 24.0 Å². The van der Waals surface area contributed by atoms with Gasteiger partial charge in [-0.25, -0.2) is 4.98 Å². The Hall–Kier alpha value is -3.08. The van der Waals surface area contributed by atoms with Crippen molar-refractivity contribution in [3.63, 3.8) is 0 Å². The molecule has 0 fully saturated rings. The molecular formula is C22H26N4O. The molecule has 0 unspecified atom stereocenters. The molecule has 27 heavy (non-hydrogen) atoms. The number of rotatable bonds is 8. The summed E-state index contributed by atoms with van der Waals surface area (Å²) >= 11 is 0. The van der Waals surface area contributed by atoms with Crippen LogP contribution in [-0.2, 0) is 6.42 Å². The molecular weight excluding hydrogens is 336 g/mol. The summed E-state index contributed by atoms with van der Waals surface area (Å²) in [7, 11) is 0. The molecule has 2 aromatic carbocycles. The highest BCUT2D eigenvalue weighted by Crippen LogP contribution is 2.21. The molecule has 0 atom stereocenters. The summed E-state index contributed by atoms with van der Waals surface area (Å²) < 4.78 is 5.67. The van der Waals surface area contributed by atoms with Crippen LogP contribution in [0.15, 0.2) is 60.7 Å². The van der Waals surface area contributed by atoms with E-state index in [-0.39, 0.29) is 6.10 Å². The van der Waals surface area contributed by atoms with E-state index in [0.717, 1.165) is 35.9 Å². The first-order valence-corrected chi connectivity index (χ1v) is 9.26. The molecule has 0 radical (unpaired) electrons. The maximum atomic E-state index is 5.67. The smallest absolute Gasteiger partial charge is 0.224 e. The third kappa shape index (κ3) is 5.99. The van der Waals surface area contributed by atoms with Crippen molar-refractivity contribution in [1.29, 1.82) is 0 Å². The molecule has 2 N–H and O–H groups in total. The topological polar surface area (TPSA) is 59.1 Å². The van der Waals surface area contributed by atoms with Crippen molar-refractivity contribution in [3.05, 3.63) is 71.9 Å². The van der Waals surface area contributed by atoms with Gasteiger partial charge in [0.05, 0.1) is 6.10 Å². The van der Waals surface area contributed by atoms with E-state index in [9.17, 15) is 0 Å². The average Bonchev–Trinajstić information content (AvgIpc) is 2.63. The summed E-state index contributed by atoms with van der Waals surface area (Å²) in [6.07, 6.45) is 1.09. The van der Waals surface area contributed by atoms with E-state index in [1.54, 1.807) is 0 Å². The van der Waals surface area contributed by atoms with Gasteiger partial charge in [-0.1, -0.05) is 30.3 Å². The molecule has 3 aromatic rings. The second-order valence-corrected chi connectivity index (χ2v) is 6.70. The molecule has 1 heterocycles. The number of nitrogens with zero attached hydrogens (tertiary/aromatic N) is 2. The van der Waals surface area contributed by atoms with E-state index in [1.165, 1.54) is 5.56 Å². The molecule has 5 heteroatoms. The Bertz CT molecular complexity index is 848. The highest BCUT2D eigenvalue weighted by atomic mass is 16.5. The predicted molar refractivity (Wildman–Crippen MR) is 111 cm³/mol. The fourth-order valence-electron chi connectivity index (χ4n) is 2.71. The molecule has 3 rings (SSSR count). The van der Waals surface area contributed by atoms with Gasteiger partial charge < -0.3 is 15.4 Å². The number of aromatic nitrogens is 2. The van der Waals surface area contributed by atoms with Crippen LogP contribution in [0.25, 0.3) is 0 Å². The monoisotopic (exact) mass is 362 g/mol. The molecule has 1 aromatic heterocycles. The molecule has 0 aliphatic rings. The van der Waals surface area contributed by atoms with Crippen LogP contribution in [-0.4, -0.2) is 22.6 Å². The van der Waals surface area contributed by atoms with Crippen molar-refractivity contribution in [2.45, 2.75) is 33.3 Å². The fraction of sp³-hybridized carbons (Fsp3) is 0.273. The van der Waals surface area contributed by atoms with Crippen LogP contribution < -0.4 is 15.4 Å². The number of ether oxygens (including phenoxy) is 1. The minimum atomic E-state index is 0.165. The van der Waals surface area contributed by atoms with Crippen molar-refractivity contribution in [2.75, 3.05) is 17.2 Å². The minimum absolute atomic E-state index is 0.165. The minimum Gasteiger partial charge on any atom is -0.491 e. The zero-order chi connectivity index (χ0) is 19.1. The Morgan fingerprint density at radius 3 is 2.41 bits per heavy atom. The Labute approximate surface area is 160 Å². The zero-order valence-corrected chi connectivity index (χ0v) is 16.1. The molecule has 0 bridgehead atoms. The van der Waals surface area contributed by atoms with E-state index in [4.69, 9.17) is 4.74 Å². The average molecular weight is 362 g/mol. The second kappa shape index (κ2) is 9.03. The predicted octanol–water partition coefficient (Wildman–Crippen LogP) is 4.97. The molecule has 0 saturated carbocycles. The normalized spacial score (nSPS) is 10.7. The maximum absolute atomic E-state index is 5.67. The summed E-state index contributed by atoms with van der Waals surface area (Å²) in [5, 5.41) is 6.64. The Kier molecular flexibility index (Phi) is 6.26. The first-order valence-electron chi connectivity index (χ1n) is 9.26. The van der Waals surface area contributed by atoms with Gasteiger partial charge in [0.1, 0.15) is 11.6 Å². The zero-order valence-electron chi connectivity index (χ0n) is 16.1. The SMILES string of the molecule is Cc1cc(Nc2ccc(OC(C)C)cc2)nc(NCCc2ccccc2)n1. The highest BCUT2D eigenvalue weighted by molar-refractivity contribution is 5.58. The fourth-order valence-corrected chi connectivity index (χ4v) is 2.71. The summed E-state index contributed by atoms with van der Waals surface area (Å²) in [4.78, 5) is 9.04. The van der Waals surface area contributed by atoms with Gasteiger partial charge in [-0.15, -0.1) is 0 Å². The van der Waals surface area contributed by atoms with E-state index in [0.29, 0.717) is 5.95 Å². The maximum Gasteiger partial charge on any atom is 0.224 e. The molecule has 5 nitrogen and oxygen atoms in total. The van der Waals surface area contributed by atoms with E-state index < -0.39 is 0 Å². The van der Waals surface area contributed by atoms with Crippen molar-refractivity contribution in [1.82, 2.24) is 9.97 Å². The summed E-state index contributed by atoms with van der Waals surface area (Å²) in [6.45, 7) is 6.78. The highest BCUT2D eigenvalue weighted by Gasteiger charge is 2.04. The third-order valence-corrected chi connectivity index (χ3v) is 3.89. The lowest BCUT2D eigenvalue weighted by Gasteiger charge is -2.12. The molecule has 0 spiro atoms. The van der Waals surface area contributed by atoms with Gasteiger partial charge in [-0.3, -0.25) is 0 Å². The van der Waals surface area contributed by atoms with E-state index in [1.807, 2.05) is 57.2 Å². The van der Waals surface area contributed by atoms with Crippen LogP contribution in [0, 0.1) is 6.92 Å². The van der Waals surface area contributed by atoms with E-state index in [2.05, 4.69) is 44.9 Å². The largest absolute Gasteiger partial charge is 0.491 e. The number of aryl methyl sites for hydroxylation is 1. The van der Waals surface area contributed by atoms with Gasteiger partial charge >= 0.3 is 0 Å². The second-order valence-electron chi connectivity index (χ2n) is 6.70. The van der Waals surface area contributed by atoms with Gasteiger partial charge in [0.15, 0.2) is 0 Å². The number of hydrogen-bond donors (Lipinski definition) is 2. The Morgan fingerprint density at radius 1 is 0.963 bits per heavy atom. The van der Waals surface area contributed by atoms with Gasteiger partial charge in [-0.2, -0.15) is 4.98 Å². The van der Waals surface area contributed by atoms with Crippen LogP contribution in [0.5, 0.6) is 5.75 Å². The molecule has 0 amide bonds. The number of anilines is 3. The van der Waals surface area contributed by atoms with Crippen LogP contribution in [0.1, 0.15) is 25.1 Å². The van der Waals surface area contributed by atoms with Gasteiger partial charge in [0.2, 0.25) is 5.95 Å². The standard InChI is InChI=1S/C22H26N4O/c1-16(2)27-20-11-9-19(10-12-20)25-21-15-17(3)24-22(26-21)23-14-13-18-7-5-4-6-8-18/h4-12,15-16H,13-14H2,1-3H3,(H2,23,24,25,26). The molecule has 0 aliphatic heterocycles. The molecule has 0 aliphatic carbocycles. The summed E-state index contributed by atoms with van der Waals surface area (Å²) in [5.41, 5.74) is 3.16. The van der Waals surface area contributed by atoms with Crippen LogP contribution in [0.2, 0.25) is 0 Å². The number of benzene rings is 2. The lowest BCUT2D eigenvalue weighted by molar-refractivity contribution is 0.242. The van der Waals surface area contributed by atoms with Gasteiger partial charge in [-0.05, 0) is 57.0 Å². The van der Waals surface area contributed by atoms with Crippen molar-refractivity contribution < 1.29 is 4.74 Å². The summed E-state index contributed by atoms with van der Waals surface area (Å²) in [5.74, 6) is 2.26. The summed E-state index contributed by atoms with van der Waals surface area (Å²) in [6, 6.07) is 20.2. The van der Waals surface area contributed by atoms with Crippen molar-refractivity contribution in [2.24, 2.45) is 0 Å². The van der Waals surface area contributed by atoms with Crippen molar-refractivity contribution >= 4 is 17.5 Å². The quantitative estimate of drug-likeness (QED) is 0.592. The number of nitrogens with one attached hydrogen (secondary N) is 2. The first-order chi connectivity index (χ1) is 13.1. The first kappa shape index (κ1) is 18.7. The number of hydrogen-bond acceptors (Lipinski definition) is 5. The lowest BCUT2D eigenvalue weighted by Crippen LogP contribution is -2.09. The Morgan fingerprint density at radius 2 is 1.70 bits per heavy atom. The Balaban J connectivity index is 1.61. The van der Waals surface area contributed by atoms with Crippen LogP contribution in [0.3, 0.4) is 0 Å². The third-order valence-electron chi connectivity index (χ3n) is 3.89. The van der Waals surface area contributed by atoms with Crippen LogP contribution >= 0.6 is 0 Å². The van der Waals surface area contributed by atoms with Gasteiger partial charge in [0.25, 0.3) is 0 Å². The molecule has 0 saturated heterocycles. The van der Waals surface area contributed by atoms with E-state index >= 15 is 0 Å².